The fraction of sp³-hybridized carbons (Fsp3) is 0.217. The second-order valence-corrected chi connectivity index (χ2v) is 8.21. The van der Waals surface area contributed by atoms with Gasteiger partial charge in [-0.1, -0.05) is 42.5 Å². The van der Waals surface area contributed by atoms with Crippen molar-refractivity contribution in [1.29, 1.82) is 0 Å². The van der Waals surface area contributed by atoms with Gasteiger partial charge in [-0.25, -0.2) is 0 Å². The smallest absolute Gasteiger partial charge is 0.169 e. The summed E-state index contributed by atoms with van der Waals surface area (Å²) >= 11 is 3.85. The Balaban J connectivity index is 2.08. The molecule has 3 nitrogen and oxygen atoms in total. The molecule has 1 aliphatic carbocycles. The highest BCUT2D eigenvalue weighted by atomic mass is 79.9. The molecule has 27 heavy (non-hydrogen) atoms. The average molecular weight is 423 g/mol. The molecule has 2 aromatic rings. The average Bonchev–Trinajstić information content (AvgIpc) is 2.69. The van der Waals surface area contributed by atoms with Gasteiger partial charge in [0.25, 0.3) is 0 Å². The van der Waals surface area contributed by atoms with Crippen molar-refractivity contribution in [2.75, 3.05) is 38.1 Å². The molecular formula is C23H23BrN2O. The number of fused-ring (bicyclic) bond motifs is 2. The van der Waals surface area contributed by atoms with Crippen molar-refractivity contribution in [2.24, 2.45) is 0 Å². The highest BCUT2D eigenvalue weighted by molar-refractivity contribution is 9.10. The van der Waals surface area contributed by atoms with Gasteiger partial charge in [-0.3, -0.25) is 0 Å². The molecule has 0 bridgehead atoms. The van der Waals surface area contributed by atoms with Gasteiger partial charge in [-0.05, 0) is 45.8 Å². The molecule has 0 aromatic heterocycles. The molecule has 0 amide bonds. The number of alkyl halides is 1. The number of anilines is 2. The third kappa shape index (κ3) is 2.84. The van der Waals surface area contributed by atoms with Crippen LogP contribution in [-0.2, 0) is 4.74 Å². The Bertz CT molecular complexity index is 975. The quantitative estimate of drug-likeness (QED) is 0.632. The molecule has 0 N–H and O–H groups in total. The fourth-order valence-electron chi connectivity index (χ4n) is 3.81. The van der Waals surface area contributed by atoms with Crippen molar-refractivity contribution in [3.8, 4) is 0 Å². The van der Waals surface area contributed by atoms with Crippen LogP contribution in [0.15, 0.2) is 78.0 Å². The summed E-state index contributed by atoms with van der Waals surface area (Å²) < 4.78 is 5.26. The zero-order valence-electron chi connectivity index (χ0n) is 16.0. The van der Waals surface area contributed by atoms with Crippen molar-refractivity contribution in [3.05, 3.63) is 89.2 Å². The largest absolute Gasteiger partial charge is 0.378 e. The van der Waals surface area contributed by atoms with Gasteiger partial charge in [-0.15, -0.1) is 0 Å². The van der Waals surface area contributed by atoms with Crippen LogP contribution >= 0.6 is 15.9 Å². The van der Waals surface area contributed by atoms with Gasteiger partial charge in [0.2, 0.25) is 0 Å². The Labute approximate surface area is 169 Å². The molecule has 2 aromatic carbocycles. The van der Waals surface area contributed by atoms with E-state index in [4.69, 9.17) is 4.74 Å². The van der Waals surface area contributed by atoms with Crippen LogP contribution in [0.1, 0.15) is 11.1 Å². The number of benzene rings is 2. The first-order valence-electron chi connectivity index (χ1n) is 8.96. The second-order valence-electron chi connectivity index (χ2n) is 7.03. The maximum absolute atomic E-state index is 5.92. The van der Waals surface area contributed by atoms with E-state index in [1.165, 1.54) is 28.1 Å². The summed E-state index contributed by atoms with van der Waals surface area (Å²) in [6.45, 7) is 0. The van der Waals surface area contributed by atoms with Gasteiger partial charge in [0, 0.05) is 56.3 Å². The minimum absolute atomic E-state index is 0.658. The molecule has 0 spiro atoms. The number of hydrogen-bond donors (Lipinski definition) is 0. The molecule has 2 aliphatic rings. The van der Waals surface area contributed by atoms with E-state index in [-0.39, 0.29) is 0 Å². The number of allylic oxidation sites excluding steroid dienone is 2. The summed E-state index contributed by atoms with van der Waals surface area (Å²) in [5.41, 5.74) is 8.23. The van der Waals surface area contributed by atoms with Crippen LogP contribution < -0.4 is 9.80 Å². The van der Waals surface area contributed by atoms with Crippen LogP contribution in [0.4, 0.5) is 11.4 Å². The SMILES string of the molecule is COC1(Br)C=CC=C2C1=C(c1ccccc1)c1ccc(N(C)C)cc1N2C. The topological polar surface area (TPSA) is 15.7 Å². The Hall–Kier alpha value is -2.30. The molecule has 1 aliphatic heterocycles. The molecule has 0 radical (unpaired) electrons. The summed E-state index contributed by atoms with van der Waals surface area (Å²) in [5.74, 6) is 0. The Morgan fingerprint density at radius 3 is 2.48 bits per heavy atom. The minimum atomic E-state index is -0.658. The molecule has 4 rings (SSSR count). The minimum Gasteiger partial charge on any atom is -0.378 e. The van der Waals surface area contributed by atoms with Gasteiger partial charge in [0.15, 0.2) is 4.51 Å². The van der Waals surface area contributed by atoms with E-state index >= 15 is 0 Å². The highest BCUT2D eigenvalue weighted by Crippen LogP contribution is 2.51. The van der Waals surface area contributed by atoms with Crippen LogP contribution in [0.5, 0.6) is 0 Å². The van der Waals surface area contributed by atoms with Gasteiger partial charge < -0.3 is 14.5 Å². The van der Waals surface area contributed by atoms with Crippen LogP contribution in [0.2, 0.25) is 0 Å². The molecule has 1 atom stereocenters. The monoisotopic (exact) mass is 422 g/mol. The Morgan fingerprint density at radius 2 is 1.81 bits per heavy atom. The second kappa shape index (κ2) is 6.70. The third-order valence-electron chi connectivity index (χ3n) is 5.26. The van der Waals surface area contributed by atoms with E-state index in [9.17, 15) is 0 Å². The van der Waals surface area contributed by atoms with Crippen molar-refractivity contribution < 1.29 is 4.74 Å². The lowest BCUT2D eigenvalue weighted by Gasteiger charge is -2.41. The zero-order chi connectivity index (χ0) is 19.2. The van der Waals surface area contributed by atoms with Crippen molar-refractivity contribution in [3.63, 3.8) is 0 Å². The standard InChI is InChI=1S/C23H23BrN2O/c1-25(2)17-12-13-18-20(15-17)26(3)19-11-8-14-23(24,27-4)22(19)21(18)16-9-6-5-7-10-16/h5-15H,1-4H3. The number of likely N-dealkylation sites (N-methyl/N-ethyl adjacent to an activating group) is 1. The van der Waals surface area contributed by atoms with Gasteiger partial charge in [-0.2, -0.15) is 0 Å². The summed E-state index contributed by atoms with van der Waals surface area (Å²) in [5, 5.41) is 0. The maximum atomic E-state index is 5.92. The first kappa shape index (κ1) is 18.1. The number of hydrogen-bond acceptors (Lipinski definition) is 3. The number of nitrogens with zero attached hydrogens (tertiary/aromatic N) is 2. The maximum Gasteiger partial charge on any atom is 0.169 e. The number of halogens is 1. The van der Waals surface area contributed by atoms with Crippen LogP contribution in [0.3, 0.4) is 0 Å². The van der Waals surface area contributed by atoms with Crippen LogP contribution in [0, 0.1) is 0 Å². The van der Waals surface area contributed by atoms with Crippen molar-refractivity contribution >= 4 is 32.9 Å². The lowest BCUT2D eigenvalue weighted by Crippen LogP contribution is -2.36. The number of rotatable bonds is 3. The van der Waals surface area contributed by atoms with Gasteiger partial charge in [0.1, 0.15) is 0 Å². The Morgan fingerprint density at radius 1 is 1.07 bits per heavy atom. The van der Waals surface area contributed by atoms with Crippen molar-refractivity contribution in [1.82, 2.24) is 0 Å². The predicted octanol–water partition coefficient (Wildman–Crippen LogP) is 5.20. The fourth-order valence-corrected chi connectivity index (χ4v) is 4.36. The van der Waals surface area contributed by atoms with Crippen LogP contribution in [-0.4, -0.2) is 32.8 Å². The van der Waals surface area contributed by atoms with Crippen LogP contribution in [0.25, 0.3) is 5.57 Å². The van der Waals surface area contributed by atoms with E-state index in [1.807, 2.05) is 0 Å². The number of methoxy groups -OCH3 is 1. The molecular weight excluding hydrogens is 400 g/mol. The van der Waals surface area contributed by atoms with E-state index in [0.29, 0.717) is 0 Å². The van der Waals surface area contributed by atoms with E-state index in [2.05, 4.69) is 114 Å². The highest BCUT2D eigenvalue weighted by Gasteiger charge is 2.40. The van der Waals surface area contributed by atoms with E-state index in [0.717, 1.165) is 11.3 Å². The molecule has 1 unspecified atom stereocenters. The van der Waals surface area contributed by atoms with E-state index < -0.39 is 4.51 Å². The first-order valence-corrected chi connectivity index (χ1v) is 9.75. The molecule has 138 valence electrons. The zero-order valence-corrected chi connectivity index (χ0v) is 17.6. The number of ether oxygens (including phenoxy) is 1. The lowest BCUT2D eigenvalue weighted by molar-refractivity contribution is 0.147. The third-order valence-corrected chi connectivity index (χ3v) is 6.25. The van der Waals surface area contributed by atoms with Crippen molar-refractivity contribution in [2.45, 2.75) is 4.51 Å². The summed E-state index contributed by atoms with van der Waals surface area (Å²) in [6, 6.07) is 17.2. The normalized spacial score (nSPS) is 20.9. The molecule has 0 saturated heterocycles. The van der Waals surface area contributed by atoms with Gasteiger partial charge in [0.05, 0.1) is 5.69 Å². The summed E-state index contributed by atoms with van der Waals surface area (Å²) in [7, 11) is 8.00. The Kier molecular flexibility index (Phi) is 4.49. The van der Waals surface area contributed by atoms with Gasteiger partial charge >= 0.3 is 0 Å². The first-order chi connectivity index (χ1) is 13.0. The predicted molar refractivity (Wildman–Crippen MR) is 118 cm³/mol. The summed E-state index contributed by atoms with van der Waals surface area (Å²) in [6.07, 6.45) is 6.26. The summed E-state index contributed by atoms with van der Waals surface area (Å²) in [4.78, 5) is 4.39. The van der Waals surface area contributed by atoms with E-state index in [1.54, 1.807) is 7.11 Å². The molecule has 0 saturated carbocycles. The molecule has 1 heterocycles. The lowest BCUT2D eigenvalue weighted by atomic mass is 9.82. The molecule has 0 fully saturated rings. The molecule has 4 heteroatoms.